The Labute approximate surface area is 254 Å². The van der Waals surface area contributed by atoms with Crippen LogP contribution in [-0.2, 0) is 4.79 Å². The molecule has 214 valence electrons. The standard InChI is InChI=1S/C33H24ClN3O5S/c1-18-24(9-6-10-25(18)32(40)41)26-16-15-23(42-26)17-27-31(39)37-29(20-11-13-21(34)14-12-20)28(19(2)35-33(37)43-27)30(38)36-22-7-4-3-5-8-22/h3-17,29H,1-2H3,(H,36,38)(H,40,41)/b27-17-/t29-/m0/s1. The number of thiazole rings is 1. The Morgan fingerprint density at radius 1 is 1.00 bits per heavy atom. The second kappa shape index (κ2) is 11.4. The molecule has 8 nitrogen and oxygen atoms in total. The van der Waals surface area contributed by atoms with Crippen molar-refractivity contribution in [1.82, 2.24) is 4.57 Å². The Balaban J connectivity index is 1.44. The number of aromatic nitrogens is 1. The highest BCUT2D eigenvalue weighted by atomic mass is 35.5. The van der Waals surface area contributed by atoms with Crippen molar-refractivity contribution in [1.29, 1.82) is 0 Å². The number of fused-ring (bicyclic) bond motifs is 1. The molecule has 43 heavy (non-hydrogen) atoms. The first-order chi connectivity index (χ1) is 20.7. The summed E-state index contributed by atoms with van der Waals surface area (Å²) in [5, 5.41) is 13.0. The number of halogens is 1. The third kappa shape index (κ3) is 5.36. The smallest absolute Gasteiger partial charge is 0.335 e. The summed E-state index contributed by atoms with van der Waals surface area (Å²) in [5.41, 5.74) is 3.26. The Kier molecular flexibility index (Phi) is 7.43. The van der Waals surface area contributed by atoms with E-state index >= 15 is 0 Å². The second-order valence-electron chi connectivity index (χ2n) is 9.94. The van der Waals surface area contributed by atoms with Gasteiger partial charge in [0, 0.05) is 22.3 Å². The molecule has 0 unspecified atom stereocenters. The molecule has 1 amide bonds. The summed E-state index contributed by atoms with van der Waals surface area (Å²) < 4.78 is 7.93. The maximum absolute atomic E-state index is 13.9. The van der Waals surface area contributed by atoms with Gasteiger partial charge in [-0.1, -0.05) is 65.4 Å². The first kappa shape index (κ1) is 28.1. The lowest BCUT2D eigenvalue weighted by molar-refractivity contribution is -0.113. The summed E-state index contributed by atoms with van der Waals surface area (Å²) >= 11 is 7.36. The number of carboxylic acid groups (broad SMARTS) is 1. The molecule has 0 bridgehead atoms. The minimum absolute atomic E-state index is 0.188. The fourth-order valence-corrected chi connectivity index (χ4v) is 6.28. The Bertz CT molecular complexity index is 2110. The van der Waals surface area contributed by atoms with Gasteiger partial charge in [0.2, 0.25) is 0 Å². The quantitative estimate of drug-likeness (QED) is 0.253. The molecule has 2 N–H and O–H groups in total. The Hall–Kier alpha value is -4.99. The van der Waals surface area contributed by atoms with Crippen molar-refractivity contribution >= 4 is 46.6 Å². The van der Waals surface area contributed by atoms with Crippen molar-refractivity contribution in [2.75, 3.05) is 5.32 Å². The number of anilines is 1. The first-order valence-electron chi connectivity index (χ1n) is 13.3. The van der Waals surface area contributed by atoms with Gasteiger partial charge in [-0.3, -0.25) is 14.2 Å². The van der Waals surface area contributed by atoms with Crippen molar-refractivity contribution in [3.63, 3.8) is 0 Å². The SMILES string of the molecule is CC1=C(C(=O)Nc2ccccc2)[C@H](c2ccc(Cl)cc2)n2c(s/c(=C\c3ccc(-c4cccc(C(=O)O)c4C)o3)c2=O)=N1. The number of benzene rings is 3. The lowest BCUT2D eigenvalue weighted by Gasteiger charge is -2.25. The van der Waals surface area contributed by atoms with Crippen molar-refractivity contribution in [2.24, 2.45) is 4.99 Å². The number of nitrogens with one attached hydrogen (secondary N) is 1. The fraction of sp³-hybridized carbons (Fsp3) is 0.0909. The van der Waals surface area contributed by atoms with E-state index < -0.39 is 12.0 Å². The van der Waals surface area contributed by atoms with Gasteiger partial charge >= 0.3 is 5.97 Å². The van der Waals surface area contributed by atoms with Crippen LogP contribution in [0.25, 0.3) is 17.4 Å². The van der Waals surface area contributed by atoms with Gasteiger partial charge in [0.25, 0.3) is 11.5 Å². The Morgan fingerprint density at radius 2 is 1.74 bits per heavy atom. The van der Waals surface area contributed by atoms with Crippen LogP contribution in [0.5, 0.6) is 0 Å². The lowest BCUT2D eigenvalue weighted by atomic mass is 9.95. The van der Waals surface area contributed by atoms with E-state index in [1.165, 1.54) is 15.9 Å². The maximum atomic E-state index is 13.9. The van der Waals surface area contributed by atoms with Gasteiger partial charge in [0.15, 0.2) is 4.80 Å². The number of rotatable bonds is 6. The highest BCUT2D eigenvalue weighted by Gasteiger charge is 2.32. The number of carbonyl (C=O) groups is 2. The number of furan rings is 1. The average molecular weight is 610 g/mol. The molecule has 1 aliphatic heterocycles. The zero-order valence-electron chi connectivity index (χ0n) is 23.0. The molecule has 0 radical (unpaired) electrons. The van der Waals surface area contributed by atoms with Gasteiger partial charge in [-0.2, -0.15) is 0 Å². The second-order valence-corrected chi connectivity index (χ2v) is 11.4. The zero-order chi connectivity index (χ0) is 30.2. The van der Waals surface area contributed by atoms with Crippen molar-refractivity contribution in [3.8, 4) is 11.3 Å². The highest BCUT2D eigenvalue weighted by Crippen LogP contribution is 2.32. The normalized spacial score (nSPS) is 14.8. The van der Waals surface area contributed by atoms with E-state index in [2.05, 4.69) is 10.3 Å². The van der Waals surface area contributed by atoms with E-state index in [-0.39, 0.29) is 17.0 Å². The molecule has 10 heteroatoms. The summed E-state index contributed by atoms with van der Waals surface area (Å²) in [6.07, 6.45) is 1.63. The van der Waals surface area contributed by atoms with Crippen LogP contribution in [0.15, 0.2) is 110 Å². The number of allylic oxidation sites excluding steroid dienone is 1. The molecule has 0 saturated heterocycles. The van der Waals surface area contributed by atoms with E-state index in [0.717, 1.165) is 0 Å². The van der Waals surface area contributed by atoms with Crippen LogP contribution in [0.4, 0.5) is 5.69 Å². The summed E-state index contributed by atoms with van der Waals surface area (Å²) in [5.74, 6) is -0.485. The van der Waals surface area contributed by atoms with Crippen LogP contribution in [0.3, 0.4) is 0 Å². The number of aromatic carboxylic acids is 1. The van der Waals surface area contributed by atoms with Crippen LogP contribution in [0.1, 0.15) is 40.2 Å². The number of hydrogen-bond donors (Lipinski definition) is 2. The van der Waals surface area contributed by atoms with E-state index in [1.807, 2.05) is 18.2 Å². The molecule has 0 fully saturated rings. The largest absolute Gasteiger partial charge is 0.478 e. The van der Waals surface area contributed by atoms with Crippen molar-refractivity contribution in [2.45, 2.75) is 19.9 Å². The first-order valence-corrected chi connectivity index (χ1v) is 14.5. The minimum Gasteiger partial charge on any atom is -0.478 e. The summed E-state index contributed by atoms with van der Waals surface area (Å²) in [4.78, 5) is 44.3. The van der Waals surface area contributed by atoms with Gasteiger partial charge in [-0.15, -0.1) is 0 Å². The maximum Gasteiger partial charge on any atom is 0.335 e. The van der Waals surface area contributed by atoms with Gasteiger partial charge in [0.1, 0.15) is 11.5 Å². The Morgan fingerprint density at radius 3 is 2.47 bits per heavy atom. The average Bonchev–Trinajstić information content (AvgIpc) is 3.57. The predicted molar refractivity (Wildman–Crippen MR) is 166 cm³/mol. The topological polar surface area (TPSA) is 114 Å². The molecular weight excluding hydrogens is 586 g/mol. The molecular formula is C33H24ClN3O5S. The molecule has 6 rings (SSSR count). The van der Waals surface area contributed by atoms with Crippen LogP contribution >= 0.6 is 22.9 Å². The molecule has 3 aromatic carbocycles. The highest BCUT2D eigenvalue weighted by molar-refractivity contribution is 7.07. The summed E-state index contributed by atoms with van der Waals surface area (Å²) in [6.45, 7) is 3.48. The molecule has 0 spiro atoms. The van der Waals surface area contributed by atoms with Gasteiger partial charge in [-0.25, -0.2) is 9.79 Å². The van der Waals surface area contributed by atoms with E-state index in [4.69, 9.17) is 16.0 Å². The van der Waals surface area contributed by atoms with Crippen LogP contribution in [-0.4, -0.2) is 21.6 Å². The molecule has 0 aliphatic carbocycles. The van der Waals surface area contributed by atoms with Crippen LogP contribution in [0.2, 0.25) is 5.02 Å². The van der Waals surface area contributed by atoms with Gasteiger partial charge < -0.3 is 14.8 Å². The number of hydrogen-bond acceptors (Lipinski definition) is 6. The molecule has 1 atom stereocenters. The third-order valence-electron chi connectivity index (χ3n) is 7.21. The zero-order valence-corrected chi connectivity index (χ0v) is 24.6. The fourth-order valence-electron chi connectivity index (χ4n) is 5.13. The molecule has 5 aromatic rings. The van der Waals surface area contributed by atoms with Crippen molar-refractivity contribution in [3.05, 3.63) is 143 Å². The summed E-state index contributed by atoms with van der Waals surface area (Å²) in [7, 11) is 0. The molecule has 0 saturated carbocycles. The van der Waals surface area contributed by atoms with E-state index in [9.17, 15) is 19.5 Å². The number of carboxylic acids is 1. The van der Waals surface area contributed by atoms with E-state index in [0.29, 0.717) is 59.5 Å². The molecule has 3 heterocycles. The number of amides is 1. The van der Waals surface area contributed by atoms with Gasteiger partial charge in [0.05, 0.1) is 27.4 Å². The summed E-state index contributed by atoms with van der Waals surface area (Å²) in [6, 6.07) is 23.8. The number of nitrogens with zero attached hydrogens (tertiary/aromatic N) is 2. The van der Waals surface area contributed by atoms with Crippen molar-refractivity contribution < 1.29 is 19.1 Å². The lowest BCUT2D eigenvalue weighted by Crippen LogP contribution is -2.40. The van der Waals surface area contributed by atoms with Crippen LogP contribution in [0, 0.1) is 6.92 Å². The third-order valence-corrected chi connectivity index (χ3v) is 8.45. The monoisotopic (exact) mass is 609 g/mol. The minimum atomic E-state index is -1.02. The van der Waals surface area contributed by atoms with Gasteiger partial charge in [-0.05, 0) is 67.4 Å². The number of carbonyl (C=O) groups excluding carboxylic acids is 1. The van der Waals surface area contributed by atoms with E-state index in [1.54, 1.807) is 86.7 Å². The molecule has 2 aromatic heterocycles. The predicted octanol–water partition coefficient (Wildman–Crippen LogP) is 5.79. The molecule has 1 aliphatic rings. The number of para-hydroxylation sites is 1. The van der Waals surface area contributed by atoms with Crippen LogP contribution < -0.4 is 20.2 Å².